The number of nitrogens with two attached hydrogens (primary N) is 1. The van der Waals surface area contributed by atoms with Gasteiger partial charge in [0, 0.05) is 37.9 Å². The van der Waals surface area contributed by atoms with Gasteiger partial charge in [-0.1, -0.05) is 26.0 Å². The second-order valence-electron chi connectivity index (χ2n) is 5.03. The Morgan fingerprint density at radius 1 is 1.06 bits per heavy atom. The van der Waals surface area contributed by atoms with E-state index in [0.717, 1.165) is 26.1 Å². The first-order chi connectivity index (χ1) is 8.74. The number of likely N-dealkylation sites (N-methyl/N-ethyl adjacent to an activating group) is 1. The van der Waals surface area contributed by atoms with E-state index in [1.165, 1.54) is 24.3 Å². The third-order valence-electron chi connectivity index (χ3n) is 3.95. The van der Waals surface area contributed by atoms with Crippen LogP contribution >= 0.6 is 0 Å². The van der Waals surface area contributed by atoms with Gasteiger partial charge in [-0.05, 0) is 30.7 Å². The van der Waals surface area contributed by atoms with Gasteiger partial charge in [0.2, 0.25) is 0 Å². The van der Waals surface area contributed by atoms with E-state index in [-0.39, 0.29) is 6.04 Å². The molecule has 0 saturated carbocycles. The highest BCUT2D eigenvalue weighted by atomic mass is 15.3. The van der Waals surface area contributed by atoms with E-state index in [1.54, 1.807) is 0 Å². The molecule has 0 aliphatic carbocycles. The molecule has 1 aliphatic heterocycles. The molecule has 3 heteroatoms. The number of hydrogen-bond acceptors (Lipinski definition) is 3. The van der Waals surface area contributed by atoms with Gasteiger partial charge in [0.15, 0.2) is 0 Å². The first kappa shape index (κ1) is 13.4. The van der Waals surface area contributed by atoms with Crippen LogP contribution < -0.4 is 10.6 Å². The summed E-state index contributed by atoms with van der Waals surface area (Å²) in [7, 11) is 0. The lowest BCUT2D eigenvalue weighted by molar-refractivity contribution is 0.271. The van der Waals surface area contributed by atoms with Gasteiger partial charge in [0.1, 0.15) is 0 Å². The molecule has 18 heavy (non-hydrogen) atoms. The van der Waals surface area contributed by atoms with E-state index in [1.807, 2.05) is 0 Å². The predicted octanol–water partition coefficient (Wildman–Crippen LogP) is 2.24. The van der Waals surface area contributed by atoms with Crippen LogP contribution in [0.5, 0.6) is 0 Å². The Morgan fingerprint density at radius 2 is 1.67 bits per heavy atom. The van der Waals surface area contributed by atoms with Crippen molar-refractivity contribution in [3.8, 4) is 0 Å². The molecular formula is C15H25N3. The van der Waals surface area contributed by atoms with E-state index in [2.05, 4.69) is 47.9 Å². The van der Waals surface area contributed by atoms with Gasteiger partial charge in [-0.25, -0.2) is 0 Å². The van der Waals surface area contributed by atoms with Gasteiger partial charge < -0.3 is 15.5 Å². The van der Waals surface area contributed by atoms with Gasteiger partial charge in [0.05, 0.1) is 0 Å². The van der Waals surface area contributed by atoms with Crippen LogP contribution in [0.25, 0.3) is 0 Å². The summed E-state index contributed by atoms with van der Waals surface area (Å²) in [5.41, 5.74) is 8.61. The summed E-state index contributed by atoms with van der Waals surface area (Å²) >= 11 is 0. The van der Waals surface area contributed by atoms with Crippen LogP contribution in [0.1, 0.15) is 31.9 Å². The van der Waals surface area contributed by atoms with Crippen molar-refractivity contribution in [3.05, 3.63) is 29.8 Å². The van der Waals surface area contributed by atoms with Gasteiger partial charge in [-0.15, -0.1) is 0 Å². The molecule has 1 atom stereocenters. The smallest absolute Gasteiger partial charge is 0.0367 e. The number of nitrogens with zero attached hydrogens (tertiary/aromatic N) is 2. The zero-order chi connectivity index (χ0) is 13.0. The Hall–Kier alpha value is -1.06. The highest BCUT2D eigenvalue weighted by molar-refractivity contribution is 5.48. The summed E-state index contributed by atoms with van der Waals surface area (Å²) in [5, 5.41) is 0. The minimum absolute atomic E-state index is 0.177. The first-order valence-electron chi connectivity index (χ1n) is 7.07. The molecule has 1 fully saturated rings. The fraction of sp³-hybridized carbons (Fsp3) is 0.600. The van der Waals surface area contributed by atoms with Crippen LogP contribution in [0.15, 0.2) is 24.3 Å². The van der Waals surface area contributed by atoms with Crippen molar-refractivity contribution in [2.75, 3.05) is 37.6 Å². The van der Waals surface area contributed by atoms with E-state index in [4.69, 9.17) is 5.73 Å². The topological polar surface area (TPSA) is 32.5 Å². The van der Waals surface area contributed by atoms with Crippen LogP contribution in [-0.2, 0) is 0 Å². The summed E-state index contributed by atoms with van der Waals surface area (Å²) in [6, 6.07) is 8.96. The van der Waals surface area contributed by atoms with Crippen LogP contribution in [0.3, 0.4) is 0 Å². The molecule has 2 N–H and O–H groups in total. The van der Waals surface area contributed by atoms with Gasteiger partial charge >= 0.3 is 0 Å². The van der Waals surface area contributed by atoms with Crippen molar-refractivity contribution in [1.82, 2.24) is 4.90 Å². The van der Waals surface area contributed by atoms with Crippen molar-refractivity contribution >= 4 is 5.69 Å². The average Bonchev–Trinajstić information content (AvgIpc) is 2.47. The molecule has 0 spiro atoms. The van der Waals surface area contributed by atoms with Gasteiger partial charge in [0.25, 0.3) is 0 Å². The highest BCUT2D eigenvalue weighted by Crippen LogP contribution is 2.20. The molecule has 0 unspecified atom stereocenters. The quantitative estimate of drug-likeness (QED) is 0.885. The Balaban J connectivity index is 1.98. The Kier molecular flexibility index (Phi) is 4.61. The zero-order valence-electron chi connectivity index (χ0n) is 11.6. The van der Waals surface area contributed by atoms with Gasteiger partial charge in [-0.2, -0.15) is 0 Å². The van der Waals surface area contributed by atoms with Crippen LogP contribution in [0.2, 0.25) is 0 Å². The van der Waals surface area contributed by atoms with Crippen LogP contribution in [0, 0.1) is 0 Å². The molecule has 0 bridgehead atoms. The van der Waals surface area contributed by atoms with Crippen molar-refractivity contribution in [3.63, 3.8) is 0 Å². The molecule has 0 amide bonds. The number of anilines is 1. The molecule has 1 heterocycles. The number of benzene rings is 1. The first-order valence-corrected chi connectivity index (χ1v) is 7.07. The second-order valence-corrected chi connectivity index (χ2v) is 5.03. The number of piperazine rings is 1. The molecule has 1 aromatic rings. The molecule has 2 rings (SSSR count). The number of hydrogen-bond donors (Lipinski definition) is 1. The van der Waals surface area contributed by atoms with Crippen LogP contribution in [-0.4, -0.2) is 37.6 Å². The fourth-order valence-corrected chi connectivity index (χ4v) is 2.49. The average molecular weight is 247 g/mol. The Bertz CT molecular complexity index is 353. The lowest BCUT2D eigenvalue weighted by Gasteiger charge is -2.35. The zero-order valence-corrected chi connectivity index (χ0v) is 11.6. The molecule has 0 aromatic heterocycles. The summed E-state index contributed by atoms with van der Waals surface area (Å²) < 4.78 is 0. The summed E-state index contributed by atoms with van der Waals surface area (Å²) in [6.45, 7) is 10.1. The maximum atomic E-state index is 6.04. The standard InChI is InChI=1S/C15H25N3/c1-3-15(16)13-5-7-14(8-6-13)18-11-9-17(4-2)10-12-18/h5-8,15H,3-4,9-12,16H2,1-2H3/t15-/m0/s1. The van der Waals surface area contributed by atoms with E-state index < -0.39 is 0 Å². The summed E-state index contributed by atoms with van der Waals surface area (Å²) in [4.78, 5) is 4.96. The third-order valence-corrected chi connectivity index (χ3v) is 3.95. The van der Waals surface area contributed by atoms with Crippen molar-refractivity contribution in [1.29, 1.82) is 0 Å². The van der Waals surface area contributed by atoms with Crippen molar-refractivity contribution in [2.24, 2.45) is 5.73 Å². The third kappa shape index (κ3) is 3.03. The lowest BCUT2D eigenvalue weighted by Crippen LogP contribution is -2.46. The van der Waals surface area contributed by atoms with E-state index in [9.17, 15) is 0 Å². The summed E-state index contributed by atoms with van der Waals surface area (Å²) in [6.07, 6.45) is 0.995. The molecule has 1 aromatic carbocycles. The maximum absolute atomic E-state index is 6.04. The number of rotatable bonds is 4. The molecular weight excluding hydrogens is 222 g/mol. The molecule has 100 valence electrons. The summed E-state index contributed by atoms with van der Waals surface area (Å²) in [5.74, 6) is 0. The van der Waals surface area contributed by atoms with Crippen LogP contribution in [0.4, 0.5) is 5.69 Å². The Labute approximate surface area is 111 Å². The van der Waals surface area contributed by atoms with E-state index in [0.29, 0.717) is 0 Å². The van der Waals surface area contributed by atoms with Crippen molar-refractivity contribution in [2.45, 2.75) is 26.3 Å². The SMILES string of the molecule is CC[C@H](N)c1ccc(N2CCN(CC)CC2)cc1. The maximum Gasteiger partial charge on any atom is 0.0367 e. The van der Waals surface area contributed by atoms with Crippen molar-refractivity contribution < 1.29 is 0 Å². The molecule has 1 aliphatic rings. The largest absolute Gasteiger partial charge is 0.369 e. The lowest BCUT2D eigenvalue weighted by atomic mass is 10.0. The minimum Gasteiger partial charge on any atom is -0.369 e. The Morgan fingerprint density at radius 3 is 2.17 bits per heavy atom. The fourth-order valence-electron chi connectivity index (χ4n) is 2.49. The second kappa shape index (κ2) is 6.21. The molecule has 1 saturated heterocycles. The normalized spacial score (nSPS) is 18.9. The highest BCUT2D eigenvalue weighted by Gasteiger charge is 2.15. The molecule has 3 nitrogen and oxygen atoms in total. The monoisotopic (exact) mass is 247 g/mol. The van der Waals surface area contributed by atoms with Gasteiger partial charge in [-0.3, -0.25) is 0 Å². The molecule has 0 radical (unpaired) electrons. The minimum atomic E-state index is 0.177. The predicted molar refractivity (Wildman–Crippen MR) is 78.0 cm³/mol. The van der Waals surface area contributed by atoms with E-state index >= 15 is 0 Å².